The summed E-state index contributed by atoms with van der Waals surface area (Å²) in [7, 11) is 0. The second-order valence-electron chi connectivity index (χ2n) is 6.72. The molecular formula is C21H20ClN5O3. The highest BCUT2D eigenvalue weighted by molar-refractivity contribution is 6.30. The van der Waals surface area contributed by atoms with Gasteiger partial charge in [0.2, 0.25) is 5.88 Å². The number of hydrogen-bond donors (Lipinski definition) is 0. The van der Waals surface area contributed by atoms with Crippen LogP contribution in [0.2, 0.25) is 5.02 Å². The Morgan fingerprint density at radius 3 is 2.37 bits per heavy atom. The Labute approximate surface area is 179 Å². The first-order valence-corrected chi connectivity index (χ1v) is 9.87. The van der Waals surface area contributed by atoms with E-state index in [1.807, 2.05) is 0 Å². The Bertz CT molecular complexity index is 962. The standard InChI is InChI=1S/C21H20ClN5O3/c22-16-1-6-20(25-13-16)29-18-2-4-19(5-3-18)30-21(28)27-11-9-26(10-12-27)15-17-14-23-7-8-24-17/h1-8,13-14H,9-12,15H2. The highest BCUT2D eigenvalue weighted by Crippen LogP contribution is 2.23. The summed E-state index contributed by atoms with van der Waals surface area (Å²) in [5.41, 5.74) is 0.921. The van der Waals surface area contributed by atoms with E-state index in [1.165, 1.54) is 6.20 Å². The molecule has 2 aromatic heterocycles. The van der Waals surface area contributed by atoms with Crippen molar-refractivity contribution >= 4 is 17.7 Å². The van der Waals surface area contributed by atoms with Gasteiger partial charge in [-0.15, -0.1) is 0 Å². The lowest BCUT2D eigenvalue weighted by atomic mass is 10.3. The number of rotatable bonds is 5. The summed E-state index contributed by atoms with van der Waals surface area (Å²) in [4.78, 5) is 28.8. The molecule has 1 aliphatic rings. The first-order valence-electron chi connectivity index (χ1n) is 9.49. The van der Waals surface area contributed by atoms with Crippen LogP contribution in [0, 0.1) is 0 Å². The van der Waals surface area contributed by atoms with Crippen LogP contribution in [0.25, 0.3) is 0 Å². The average Bonchev–Trinajstić information content (AvgIpc) is 2.78. The van der Waals surface area contributed by atoms with Crippen molar-refractivity contribution in [1.82, 2.24) is 24.8 Å². The average molecular weight is 426 g/mol. The fraction of sp³-hybridized carbons (Fsp3) is 0.238. The molecule has 1 aliphatic heterocycles. The second-order valence-corrected chi connectivity index (χ2v) is 7.15. The van der Waals surface area contributed by atoms with Crippen LogP contribution >= 0.6 is 11.6 Å². The van der Waals surface area contributed by atoms with Gasteiger partial charge < -0.3 is 14.4 Å². The van der Waals surface area contributed by atoms with Gasteiger partial charge in [0.15, 0.2) is 0 Å². The van der Waals surface area contributed by atoms with E-state index in [0.717, 1.165) is 25.3 Å². The lowest BCUT2D eigenvalue weighted by Gasteiger charge is -2.33. The van der Waals surface area contributed by atoms with E-state index >= 15 is 0 Å². The minimum Gasteiger partial charge on any atom is -0.439 e. The number of pyridine rings is 1. The molecule has 0 unspecified atom stereocenters. The molecule has 3 aromatic rings. The number of carbonyl (C=O) groups is 1. The number of hydrogen-bond acceptors (Lipinski definition) is 7. The molecule has 0 N–H and O–H groups in total. The first kappa shape index (κ1) is 20.1. The normalized spacial score (nSPS) is 14.4. The second kappa shape index (κ2) is 9.51. The molecule has 154 valence electrons. The third-order valence-electron chi connectivity index (χ3n) is 4.58. The van der Waals surface area contributed by atoms with Crippen molar-refractivity contribution in [1.29, 1.82) is 0 Å². The highest BCUT2D eigenvalue weighted by atomic mass is 35.5. The van der Waals surface area contributed by atoms with E-state index in [2.05, 4.69) is 19.9 Å². The van der Waals surface area contributed by atoms with Crippen molar-refractivity contribution in [3.05, 3.63) is 71.9 Å². The van der Waals surface area contributed by atoms with Crippen LogP contribution < -0.4 is 9.47 Å². The quantitative estimate of drug-likeness (QED) is 0.617. The summed E-state index contributed by atoms with van der Waals surface area (Å²) in [6.07, 6.45) is 6.26. The van der Waals surface area contributed by atoms with E-state index in [1.54, 1.807) is 59.9 Å². The summed E-state index contributed by atoms with van der Waals surface area (Å²) in [6, 6.07) is 10.2. The zero-order chi connectivity index (χ0) is 20.8. The molecule has 1 saturated heterocycles. The molecule has 30 heavy (non-hydrogen) atoms. The maximum Gasteiger partial charge on any atom is 0.415 e. The van der Waals surface area contributed by atoms with E-state index in [-0.39, 0.29) is 6.09 Å². The van der Waals surface area contributed by atoms with Crippen molar-refractivity contribution in [3.63, 3.8) is 0 Å². The Morgan fingerprint density at radius 2 is 1.70 bits per heavy atom. The van der Waals surface area contributed by atoms with Crippen LogP contribution in [-0.2, 0) is 6.54 Å². The van der Waals surface area contributed by atoms with Gasteiger partial charge in [-0.2, -0.15) is 0 Å². The molecule has 0 saturated carbocycles. The number of piperazine rings is 1. The third kappa shape index (κ3) is 5.43. The van der Waals surface area contributed by atoms with Crippen LogP contribution in [0.4, 0.5) is 4.79 Å². The van der Waals surface area contributed by atoms with Gasteiger partial charge in [0.05, 0.1) is 10.7 Å². The maximum atomic E-state index is 12.4. The smallest absolute Gasteiger partial charge is 0.415 e. The fourth-order valence-corrected chi connectivity index (χ4v) is 3.13. The van der Waals surface area contributed by atoms with E-state index in [0.29, 0.717) is 35.5 Å². The van der Waals surface area contributed by atoms with Crippen LogP contribution in [0.5, 0.6) is 17.4 Å². The molecule has 0 atom stereocenters. The van der Waals surface area contributed by atoms with Crippen molar-refractivity contribution in [2.75, 3.05) is 26.2 Å². The van der Waals surface area contributed by atoms with Gasteiger partial charge in [-0.05, 0) is 30.3 Å². The molecule has 3 heterocycles. The van der Waals surface area contributed by atoms with Crippen LogP contribution in [0.15, 0.2) is 61.2 Å². The molecule has 0 aliphatic carbocycles. The first-order chi connectivity index (χ1) is 14.7. The van der Waals surface area contributed by atoms with Crippen molar-refractivity contribution in [2.45, 2.75) is 6.54 Å². The number of ether oxygens (including phenoxy) is 2. The Morgan fingerprint density at radius 1 is 0.933 bits per heavy atom. The fourth-order valence-electron chi connectivity index (χ4n) is 3.01. The molecule has 1 aromatic carbocycles. The molecule has 8 nitrogen and oxygen atoms in total. The SMILES string of the molecule is O=C(Oc1ccc(Oc2ccc(Cl)cn2)cc1)N1CCN(Cc2cnccn2)CC1. The number of benzene rings is 1. The summed E-state index contributed by atoms with van der Waals surface area (Å²) in [5, 5.41) is 0.541. The summed E-state index contributed by atoms with van der Waals surface area (Å²) in [6.45, 7) is 3.44. The third-order valence-corrected chi connectivity index (χ3v) is 4.81. The van der Waals surface area contributed by atoms with Crippen molar-refractivity contribution in [3.8, 4) is 17.4 Å². The number of amides is 1. The molecule has 9 heteroatoms. The summed E-state index contributed by atoms with van der Waals surface area (Å²) in [5.74, 6) is 1.48. The molecule has 0 bridgehead atoms. The van der Waals surface area contributed by atoms with Gasteiger partial charge in [0.1, 0.15) is 11.5 Å². The number of carbonyl (C=O) groups excluding carboxylic acids is 1. The summed E-state index contributed by atoms with van der Waals surface area (Å²) >= 11 is 5.81. The molecular weight excluding hydrogens is 406 g/mol. The molecule has 0 spiro atoms. The van der Waals surface area contributed by atoms with Crippen LogP contribution in [0.1, 0.15) is 5.69 Å². The van der Waals surface area contributed by atoms with Gasteiger partial charge in [0, 0.05) is 63.6 Å². The Balaban J connectivity index is 1.25. The van der Waals surface area contributed by atoms with Gasteiger partial charge in [-0.3, -0.25) is 14.9 Å². The monoisotopic (exact) mass is 425 g/mol. The molecule has 1 amide bonds. The van der Waals surface area contributed by atoms with E-state index < -0.39 is 0 Å². The lowest BCUT2D eigenvalue weighted by Crippen LogP contribution is -2.49. The van der Waals surface area contributed by atoms with Crippen molar-refractivity contribution in [2.24, 2.45) is 0 Å². The van der Waals surface area contributed by atoms with Gasteiger partial charge >= 0.3 is 6.09 Å². The predicted octanol–water partition coefficient (Wildman–Crippen LogP) is 3.63. The minimum absolute atomic E-state index is 0.359. The van der Waals surface area contributed by atoms with E-state index in [9.17, 15) is 4.79 Å². The predicted molar refractivity (Wildman–Crippen MR) is 111 cm³/mol. The van der Waals surface area contributed by atoms with Gasteiger partial charge in [-0.1, -0.05) is 11.6 Å². The zero-order valence-corrected chi connectivity index (χ0v) is 16.9. The van der Waals surface area contributed by atoms with Crippen LogP contribution in [-0.4, -0.2) is 57.0 Å². The minimum atomic E-state index is -0.359. The van der Waals surface area contributed by atoms with E-state index in [4.69, 9.17) is 21.1 Å². The largest absolute Gasteiger partial charge is 0.439 e. The molecule has 0 radical (unpaired) electrons. The highest BCUT2D eigenvalue weighted by Gasteiger charge is 2.23. The lowest BCUT2D eigenvalue weighted by molar-refractivity contribution is 0.107. The summed E-state index contributed by atoms with van der Waals surface area (Å²) < 4.78 is 11.1. The number of halogens is 1. The van der Waals surface area contributed by atoms with Crippen LogP contribution in [0.3, 0.4) is 0 Å². The maximum absolute atomic E-state index is 12.4. The number of aromatic nitrogens is 3. The van der Waals surface area contributed by atoms with Crippen molar-refractivity contribution < 1.29 is 14.3 Å². The number of nitrogens with zero attached hydrogens (tertiary/aromatic N) is 5. The molecule has 1 fully saturated rings. The Kier molecular flexibility index (Phi) is 6.36. The van der Waals surface area contributed by atoms with Gasteiger partial charge in [-0.25, -0.2) is 9.78 Å². The Hall–Kier alpha value is -3.23. The molecule has 4 rings (SSSR count). The van der Waals surface area contributed by atoms with Gasteiger partial charge in [0.25, 0.3) is 0 Å². The zero-order valence-electron chi connectivity index (χ0n) is 16.1. The topological polar surface area (TPSA) is 80.7 Å².